The van der Waals surface area contributed by atoms with E-state index in [2.05, 4.69) is 93.8 Å². The zero-order chi connectivity index (χ0) is 22.3. The Kier molecular flexibility index (Phi) is 18.6. The summed E-state index contributed by atoms with van der Waals surface area (Å²) in [4.78, 5) is 0. The molecular weight excluding hydrogens is 360 g/mol. The highest BCUT2D eigenvalue weighted by Gasteiger charge is 2.33. The van der Waals surface area contributed by atoms with Crippen molar-refractivity contribution in [3.05, 3.63) is 0 Å². The van der Waals surface area contributed by atoms with Crippen molar-refractivity contribution in [2.24, 2.45) is 11.3 Å². The quantitative estimate of drug-likeness (QED) is 0.258. The lowest BCUT2D eigenvalue weighted by atomic mass is 9.74. The molecular formula is C30H42. The molecule has 2 unspecified atom stereocenters. The second-order valence-electron chi connectivity index (χ2n) is 7.64. The van der Waals surface area contributed by atoms with E-state index < -0.39 is 5.41 Å². The Hall–Kier alpha value is -2.20. The predicted octanol–water partition coefficient (Wildman–Crippen LogP) is 7.78. The molecule has 0 aromatic carbocycles. The van der Waals surface area contributed by atoms with Gasteiger partial charge in [0, 0.05) is 25.7 Å². The summed E-state index contributed by atoms with van der Waals surface area (Å²) in [5.74, 6) is 33.3. The molecule has 0 heterocycles. The van der Waals surface area contributed by atoms with Gasteiger partial charge in [0.25, 0.3) is 0 Å². The second kappa shape index (κ2) is 20.1. The topological polar surface area (TPSA) is 0 Å². The van der Waals surface area contributed by atoms with Crippen molar-refractivity contribution >= 4 is 0 Å². The van der Waals surface area contributed by atoms with Crippen LogP contribution in [0.15, 0.2) is 0 Å². The third kappa shape index (κ3) is 13.1. The van der Waals surface area contributed by atoms with Crippen molar-refractivity contribution in [1.82, 2.24) is 0 Å². The zero-order valence-electron chi connectivity index (χ0n) is 20.3. The van der Waals surface area contributed by atoms with Gasteiger partial charge in [-0.25, -0.2) is 0 Å². The molecule has 0 aliphatic carbocycles. The van der Waals surface area contributed by atoms with Gasteiger partial charge in [-0.1, -0.05) is 96.3 Å². The van der Waals surface area contributed by atoms with Crippen LogP contribution in [0.5, 0.6) is 0 Å². The minimum Gasteiger partial charge on any atom is -0.103 e. The molecule has 0 saturated heterocycles. The van der Waals surface area contributed by atoms with Crippen LogP contribution in [0.1, 0.15) is 118 Å². The van der Waals surface area contributed by atoms with E-state index in [9.17, 15) is 0 Å². The highest BCUT2D eigenvalue weighted by atomic mass is 14.3. The number of rotatable bonds is 10. The fourth-order valence-corrected chi connectivity index (χ4v) is 2.88. The second-order valence-corrected chi connectivity index (χ2v) is 7.64. The molecule has 30 heavy (non-hydrogen) atoms. The van der Waals surface area contributed by atoms with Crippen LogP contribution < -0.4 is 0 Å². The van der Waals surface area contributed by atoms with Gasteiger partial charge in [0.2, 0.25) is 0 Å². The molecule has 0 aliphatic rings. The Morgan fingerprint density at radius 1 is 0.567 bits per heavy atom. The van der Waals surface area contributed by atoms with E-state index in [1.54, 1.807) is 0 Å². The summed E-state index contributed by atoms with van der Waals surface area (Å²) in [5.41, 5.74) is -0.696. The highest BCUT2D eigenvalue weighted by Crippen LogP contribution is 2.30. The van der Waals surface area contributed by atoms with Gasteiger partial charge in [-0.3, -0.25) is 0 Å². The van der Waals surface area contributed by atoms with E-state index in [0.29, 0.717) is 0 Å². The van der Waals surface area contributed by atoms with Crippen LogP contribution in [0.4, 0.5) is 0 Å². The van der Waals surface area contributed by atoms with Gasteiger partial charge < -0.3 is 0 Å². The van der Waals surface area contributed by atoms with Crippen molar-refractivity contribution in [1.29, 1.82) is 0 Å². The molecule has 0 rings (SSSR count). The number of unbranched alkanes of at least 4 members (excludes halogenated alkanes) is 7. The average Bonchev–Trinajstić information content (AvgIpc) is 2.76. The molecule has 2 atom stereocenters. The van der Waals surface area contributed by atoms with Crippen molar-refractivity contribution in [2.45, 2.75) is 118 Å². The fraction of sp³-hybridized carbons (Fsp3) is 0.667. The van der Waals surface area contributed by atoms with E-state index in [0.717, 1.165) is 70.6 Å². The first-order valence-electron chi connectivity index (χ1n) is 12.2. The van der Waals surface area contributed by atoms with E-state index in [1.807, 2.05) is 0 Å². The van der Waals surface area contributed by atoms with Crippen LogP contribution in [0.25, 0.3) is 0 Å². The van der Waals surface area contributed by atoms with Crippen LogP contribution in [0.3, 0.4) is 0 Å². The first-order chi connectivity index (χ1) is 14.7. The van der Waals surface area contributed by atoms with Crippen LogP contribution in [-0.2, 0) is 0 Å². The average molecular weight is 403 g/mol. The van der Waals surface area contributed by atoms with Crippen molar-refractivity contribution in [3.8, 4) is 59.2 Å². The molecule has 0 spiro atoms. The Bertz CT molecular complexity index is 742. The first-order valence-corrected chi connectivity index (χ1v) is 12.2. The summed E-state index contributed by atoms with van der Waals surface area (Å²) in [6, 6.07) is 0. The maximum Gasteiger partial charge on any atom is 0.166 e. The van der Waals surface area contributed by atoms with Crippen LogP contribution in [0.2, 0.25) is 0 Å². The zero-order valence-corrected chi connectivity index (χ0v) is 20.3. The van der Waals surface area contributed by atoms with Crippen LogP contribution in [0, 0.1) is 70.5 Å². The summed E-state index contributed by atoms with van der Waals surface area (Å²) < 4.78 is 0. The molecule has 0 bridgehead atoms. The molecule has 0 aromatic heterocycles. The van der Waals surface area contributed by atoms with Crippen LogP contribution in [-0.4, -0.2) is 0 Å². The van der Waals surface area contributed by atoms with E-state index in [4.69, 9.17) is 0 Å². The van der Waals surface area contributed by atoms with Crippen molar-refractivity contribution in [2.75, 3.05) is 0 Å². The predicted molar refractivity (Wildman–Crippen MR) is 133 cm³/mol. The lowest BCUT2D eigenvalue weighted by Gasteiger charge is -2.24. The van der Waals surface area contributed by atoms with E-state index >= 15 is 0 Å². The molecule has 0 nitrogen and oxygen atoms in total. The number of hydrogen-bond acceptors (Lipinski definition) is 0. The van der Waals surface area contributed by atoms with Gasteiger partial charge in [0.05, 0.1) is 5.92 Å². The summed E-state index contributed by atoms with van der Waals surface area (Å²) >= 11 is 0. The lowest BCUT2D eigenvalue weighted by molar-refractivity contribution is 0.455. The first kappa shape index (κ1) is 27.8. The molecule has 0 fully saturated rings. The van der Waals surface area contributed by atoms with Crippen molar-refractivity contribution in [3.63, 3.8) is 0 Å². The molecule has 0 N–H and O–H groups in total. The Morgan fingerprint density at radius 2 is 1.23 bits per heavy atom. The summed E-state index contributed by atoms with van der Waals surface area (Å²) in [5, 5.41) is 0. The maximum absolute atomic E-state index is 3.49. The van der Waals surface area contributed by atoms with Crippen LogP contribution >= 0.6 is 0 Å². The third-order valence-electron chi connectivity index (χ3n) is 4.74. The van der Waals surface area contributed by atoms with Gasteiger partial charge >= 0.3 is 0 Å². The fourth-order valence-electron chi connectivity index (χ4n) is 2.88. The minimum absolute atomic E-state index is 0.0466. The summed E-state index contributed by atoms with van der Waals surface area (Å²) in [6.45, 7) is 10.9. The smallest absolute Gasteiger partial charge is 0.103 e. The molecule has 0 aromatic rings. The monoisotopic (exact) mass is 402 g/mol. The SMILES string of the molecule is CCC#CC(CCCC)C(C#CC#CCCCCC)(C#CCCC)C#CCCCC. The standard InChI is InChI=1S/C30H42/c1-6-11-16-18-19-20-23-28-30(26-21-13-8-3,27-22-17-12-7-2)29(24-14-9-4)25-15-10-5/h29H,6-14,16-18,24H2,1-5H3. The van der Waals surface area contributed by atoms with Gasteiger partial charge in [-0.15, -0.1) is 17.8 Å². The molecule has 0 radical (unpaired) electrons. The molecule has 0 heteroatoms. The normalized spacial score (nSPS) is 12.0. The Labute approximate surface area is 188 Å². The molecule has 162 valence electrons. The van der Waals surface area contributed by atoms with E-state index in [1.165, 1.54) is 12.8 Å². The van der Waals surface area contributed by atoms with Gasteiger partial charge in [0.1, 0.15) is 0 Å². The number of hydrogen-bond donors (Lipinski definition) is 0. The Balaban J connectivity index is 6.13. The van der Waals surface area contributed by atoms with Crippen molar-refractivity contribution < 1.29 is 0 Å². The third-order valence-corrected chi connectivity index (χ3v) is 4.74. The maximum atomic E-state index is 3.49. The van der Waals surface area contributed by atoms with E-state index in [-0.39, 0.29) is 5.92 Å². The van der Waals surface area contributed by atoms with Gasteiger partial charge in [-0.05, 0) is 37.5 Å². The molecule has 0 amide bonds. The van der Waals surface area contributed by atoms with Gasteiger partial charge in [0.15, 0.2) is 5.41 Å². The molecule has 0 saturated carbocycles. The lowest BCUT2D eigenvalue weighted by Crippen LogP contribution is -2.26. The molecule has 0 aliphatic heterocycles. The Morgan fingerprint density at radius 3 is 1.87 bits per heavy atom. The summed E-state index contributed by atoms with van der Waals surface area (Å²) in [6.07, 6.45) is 13.6. The highest BCUT2D eigenvalue weighted by molar-refractivity contribution is 5.45. The minimum atomic E-state index is -0.696. The van der Waals surface area contributed by atoms with Gasteiger partial charge in [-0.2, -0.15) is 0 Å². The summed E-state index contributed by atoms with van der Waals surface area (Å²) in [7, 11) is 0. The largest absolute Gasteiger partial charge is 0.166 e.